The van der Waals surface area contributed by atoms with Crippen LogP contribution in [-0.2, 0) is 16.1 Å². The van der Waals surface area contributed by atoms with Gasteiger partial charge in [-0.3, -0.25) is 9.20 Å². The predicted octanol–water partition coefficient (Wildman–Crippen LogP) is 2.41. The summed E-state index contributed by atoms with van der Waals surface area (Å²) in [7, 11) is 0. The van der Waals surface area contributed by atoms with Gasteiger partial charge >= 0.3 is 0 Å². The van der Waals surface area contributed by atoms with E-state index in [1.807, 2.05) is 12.1 Å². The van der Waals surface area contributed by atoms with Crippen LogP contribution in [0.4, 0.5) is 11.6 Å². The van der Waals surface area contributed by atoms with Crippen molar-refractivity contribution in [2.45, 2.75) is 26.3 Å². The quantitative estimate of drug-likeness (QED) is 0.665. The van der Waals surface area contributed by atoms with Crippen molar-refractivity contribution < 1.29 is 9.53 Å². The molecule has 5 rings (SSSR count). The van der Waals surface area contributed by atoms with E-state index >= 15 is 0 Å². The van der Waals surface area contributed by atoms with Gasteiger partial charge in [-0.25, -0.2) is 0 Å². The minimum Gasteiger partial charge on any atom is -0.378 e. The number of anilines is 2. The fraction of sp³-hybridized carbons (Fsp3) is 0.458. The van der Waals surface area contributed by atoms with Crippen LogP contribution >= 0.6 is 0 Å². The Labute approximate surface area is 188 Å². The van der Waals surface area contributed by atoms with Crippen LogP contribution in [0, 0.1) is 12.8 Å². The van der Waals surface area contributed by atoms with E-state index in [-0.39, 0.29) is 11.8 Å². The first-order chi connectivity index (χ1) is 15.7. The molecule has 1 unspecified atom stereocenters. The maximum Gasteiger partial charge on any atom is 0.231 e. The number of rotatable bonds is 5. The Morgan fingerprint density at radius 3 is 2.69 bits per heavy atom. The second-order valence-electron chi connectivity index (χ2n) is 8.63. The van der Waals surface area contributed by atoms with E-state index in [2.05, 4.69) is 67.0 Å². The molecular formula is C24H30N6O2. The maximum absolute atomic E-state index is 12.9. The number of hydrogen-bond donors (Lipinski definition) is 1. The van der Waals surface area contributed by atoms with Gasteiger partial charge in [0.25, 0.3) is 0 Å². The van der Waals surface area contributed by atoms with Gasteiger partial charge in [-0.1, -0.05) is 18.2 Å². The summed E-state index contributed by atoms with van der Waals surface area (Å²) in [5.74, 6) is 0.888. The normalized spacial score (nSPS) is 19.3. The Morgan fingerprint density at radius 1 is 1.06 bits per heavy atom. The number of ether oxygens (including phenoxy) is 1. The molecule has 32 heavy (non-hydrogen) atoms. The van der Waals surface area contributed by atoms with Gasteiger partial charge in [0.1, 0.15) is 0 Å². The third-order valence-electron chi connectivity index (χ3n) is 6.46. The molecule has 2 aromatic heterocycles. The Balaban J connectivity index is 1.19. The number of nitrogens with one attached hydrogen (secondary N) is 1. The molecule has 8 heteroatoms. The largest absolute Gasteiger partial charge is 0.378 e. The number of carbonyl (C=O) groups excluding carboxylic acids is 1. The Bertz CT molecular complexity index is 1070. The molecule has 2 saturated heterocycles. The van der Waals surface area contributed by atoms with Gasteiger partial charge in [-0.05, 0) is 49.6 Å². The summed E-state index contributed by atoms with van der Waals surface area (Å²) < 4.78 is 7.49. The third-order valence-corrected chi connectivity index (χ3v) is 6.46. The van der Waals surface area contributed by atoms with Crippen molar-refractivity contribution in [1.82, 2.24) is 19.9 Å². The molecule has 0 bridgehead atoms. The number of amides is 1. The lowest BCUT2D eigenvalue weighted by atomic mass is 9.97. The van der Waals surface area contributed by atoms with Crippen LogP contribution in [0.25, 0.3) is 5.65 Å². The molecule has 2 aliphatic rings. The van der Waals surface area contributed by atoms with Crippen LogP contribution in [0.3, 0.4) is 0 Å². The highest BCUT2D eigenvalue weighted by atomic mass is 16.5. The van der Waals surface area contributed by atoms with Crippen LogP contribution < -0.4 is 15.1 Å². The molecule has 1 atom stereocenters. The Morgan fingerprint density at radius 2 is 1.88 bits per heavy atom. The summed E-state index contributed by atoms with van der Waals surface area (Å²) in [4.78, 5) is 17.5. The summed E-state index contributed by atoms with van der Waals surface area (Å²) >= 11 is 0. The van der Waals surface area contributed by atoms with Crippen LogP contribution in [0.1, 0.15) is 24.1 Å². The highest BCUT2D eigenvalue weighted by molar-refractivity contribution is 5.79. The number of piperidine rings is 1. The molecule has 1 aromatic carbocycles. The van der Waals surface area contributed by atoms with Crippen molar-refractivity contribution >= 4 is 23.2 Å². The van der Waals surface area contributed by atoms with Gasteiger partial charge in [0.15, 0.2) is 5.65 Å². The number of fused-ring (bicyclic) bond motifs is 1. The van der Waals surface area contributed by atoms with E-state index in [0.717, 1.165) is 68.5 Å². The van der Waals surface area contributed by atoms with E-state index in [9.17, 15) is 4.79 Å². The first-order valence-electron chi connectivity index (χ1n) is 11.4. The van der Waals surface area contributed by atoms with Crippen molar-refractivity contribution in [2.24, 2.45) is 5.92 Å². The molecule has 1 amide bonds. The fourth-order valence-electron chi connectivity index (χ4n) is 4.64. The molecule has 1 N–H and O–H groups in total. The third kappa shape index (κ3) is 4.27. The summed E-state index contributed by atoms with van der Waals surface area (Å²) in [5.41, 5.74) is 4.26. The van der Waals surface area contributed by atoms with Crippen LogP contribution in [0.15, 0.2) is 42.5 Å². The van der Waals surface area contributed by atoms with E-state index in [1.165, 1.54) is 5.69 Å². The molecule has 0 aliphatic carbocycles. The molecule has 0 spiro atoms. The van der Waals surface area contributed by atoms with Crippen molar-refractivity contribution in [3.8, 4) is 0 Å². The lowest BCUT2D eigenvalue weighted by Gasteiger charge is -2.32. The van der Waals surface area contributed by atoms with Crippen LogP contribution in [-0.4, -0.2) is 59.9 Å². The first-order valence-corrected chi connectivity index (χ1v) is 11.4. The zero-order valence-electron chi connectivity index (χ0n) is 18.5. The number of carbonyl (C=O) groups is 1. The molecule has 8 nitrogen and oxygen atoms in total. The summed E-state index contributed by atoms with van der Waals surface area (Å²) in [6, 6.07) is 14.5. The lowest BCUT2D eigenvalue weighted by Crippen LogP contribution is -2.43. The minimum atomic E-state index is -0.0484. The van der Waals surface area contributed by atoms with Crippen molar-refractivity contribution in [3.63, 3.8) is 0 Å². The molecular weight excluding hydrogens is 404 g/mol. The highest BCUT2D eigenvalue weighted by Gasteiger charge is 2.28. The lowest BCUT2D eigenvalue weighted by molar-refractivity contribution is -0.125. The van der Waals surface area contributed by atoms with Gasteiger partial charge in [-0.2, -0.15) is 0 Å². The number of morpholine rings is 1. The second-order valence-corrected chi connectivity index (χ2v) is 8.63. The van der Waals surface area contributed by atoms with Gasteiger partial charge in [0.05, 0.1) is 19.1 Å². The Kier molecular flexibility index (Phi) is 5.94. The smallest absolute Gasteiger partial charge is 0.231 e. The Hall–Kier alpha value is -3.13. The summed E-state index contributed by atoms with van der Waals surface area (Å²) in [6.45, 7) is 7.56. The van der Waals surface area contributed by atoms with Gasteiger partial charge in [-0.15, -0.1) is 10.2 Å². The van der Waals surface area contributed by atoms with E-state index in [0.29, 0.717) is 13.1 Å². The zero-order valence-corrected chi connectivity index (χ0v) is 18.5. The van der Waals surface area contributed by atoms with Gasteiger partial charge < -0.3 is 19.9 Å². The number of aromatic nitrogens is 3. The molecule has 2 aliphatic heterocycles. The van der Waals surface area contributed by atoms with Gasteiger partial charge in [0, 0.05) is 44.1 Å². The molecule has 3 aromatic rings. The minimum absolute atomic E-state index is 0.0484. The molecule has 2 fully saturated rings. The number of pyridine rings is 1. The van der Waals surface area contributed by atoms with E-state index < -0.39 is 0 Å². The SMILES string of the molecule is Cc1cccc2nnc(N3CCCC(C(=O)NCc4ccc(N5CCOCC5)cc4)C3)n12. The number of aryl methyl sites for hydroxylation is 1. The maximum atomic E-state index is 12.9. The second kappa shape index (κ2) is 9.16. The summed E-state index contributed by atoms with van der Waals surface area (Å²) in [6.07, 6.45) is 1.86. The zero-order chi connectivity index (χ0) is 21.9. The van der Waals surface area contributed by atoms with Crippen molar-refractivity contribution in [3.05, 3.63) is 53.7 Å². The average molecular weight is 435 g/mol. The predicted molar refractivity (Wildman–Crippen MR) is 124 cm³/mol. The molecule has 0 saturated carbocycles. The molecule has 168 valence electrons. The van der Waals surface area contributed by atoms with Gasteiger partial charge in [0.2, 0.25) is 11.9 Å². The average Bonchev–Trinajstić information content (AvgIpc) is 3.29. The van der Waals surface area contributed by atoms with Crippen molar-refractivity contribution in [2.75, 3.05) is 49.2 Å². The number of nitrogens with zero attached hydrogens (tertiary/aromatic N) is 5. The van der Waals surface area contributed by atoms with E-state index in [4.69, 9.17) is 4.74 Å². The number of benzene rings is 1. The fourth-order valence-corrected chi connectivity index (χ4v) is 4.64. The summed E-state index contributed by atoms with van der Waals surface area (Å²) in [5, 5.41) is 11.9. The van der Waals surface area contributed by atoms with Crippen molar-refractivity contribution in [1.29, 1.82) is 0 Å². The molecule has 4 heterocycles. The van der Waals surface area contributed by atoms with Crippen LogP contribution in [0.2, 0.25) is 0 Å². The topological polar surface area (TPSA) is 75.0 Å². The first kappa shape index (κ1) is 20.8. The number of hydrogen-bond acceptors (Lipinski definition) is 6. The monoisotopic (exact) mass is 434 g/mol. The molecule has 0 radical (unpaired) electrons. The standard InChI is InChI=1S/C24H30N6O2/c1-18-4-2-6-22-26-27-24(30(18)22)29-11-3-5-20(17-29)23(31)25-16-19-7-9-21(10-8-19)28-12-14-32-15-13-28/h2,4,6-10,20H,3,5,11-17H2,1H3,(H,25,31). The highest BCUT2D eigenvalue weighted by Crippen LogP contribution is 2.24. The van der Waals surface area contributed by atoms with Crippen LogP contribution in [0.5, 0.6) is 0 Å². The van der Waals surface area contributed by atoms with E-state index in [1.54, 1.807) is 0 Å².